The summed E-state index contributed by atoms with van der Waals surface area (Å²) in [7, 11) is 2.12. The van der Waals surface area contributed by atoms with Gasteiger partial charge in [-0.2, -0.15) is 23.3 Å². The Bertz CT molecular complexity index is 1480. The number of hydrogen-bond acceptors (Lipinski definition) is 5. The fourth-order valence-corrected chi connectivity index (χ4v) is 6.05. The number of carbonyl (C=O) groups excluding carboxylic acids is 1. The van der Waals surface area contributed by atoms with E-state index in [1.807, 2.05) is 19.0 Å². The molecule has 12 heteroatoms. The van der Waals surface area contributed by atoms with Gasteiger partial charge in [0.05, 0.1) is 23.8 Å². The maximum absolute atomic E-state index is 13.5. The van der Waals surface area contributed by atoms with Crippen LogP contribution in [0.4, 0.5) is 13.2 Å². The van der Waals surface area contributed by atoms with Crippen LogP contribution in [0, 0.1) is 0 Å². The second-order valence-corrected chi connectivity index (χ2v) is 11.0. The number of nitrogens with zero attached hydrogens (tertiary/aromatic N) is 5. The lowest BCUT2D eigenvalue weighted by Gasteiger charge is -2.24. The van der Waals surface area contributed by atoms with Gasteiger partial charge >= 0.3 is 6.18 Å². The highest BCUT2D eigenvalue weighted by Crippen LogP contribution is 2.34. The Hall–Kier alpha value is -3.02. The first-order chi connectivity index (χ1) is 17.5. The van der Waals surface area contributed by atoms with E-state index in [4.69, 9.17) is 11.6 Å². The van der Waals surface area contributed by atoms with E-state index in [2.05, 4.69) is 15.0 Å². The molecule has 1 fully saturated rings. The zero-order valence-corrected chi connectivity index (χ0v) is 21.6. The standard InChI is InChI=1S/C25H23ClF3N5O2S/c1-32-8-7-19(14-32)33(2)24-31-23(35)22(37(24)36)10-15-3-6-21-17(9-15)12-30-34(21)13-16-4-5-18(26)11-20(16)25(27,28)29/h3-6,9-12,19H,7-8,13-14H2,1-2H3. The van der Waals surface area contributed by atoms with Gasteiger partial charge in [0.15, 0.2) is 0 Å². The average Bonchev–Trinajstić information content (AvgIpc) is 3.53. The minimum atomic E-state index is -4.55. The van der Waals surface area contributed by atoms with E-state index in [9.17, 15) is 22.2 Å². The Morgan fingerprint density at radius 1 is 1.24 bits per heavy atom. The fraction of sp³-hybridized carbons (Fsp3) is 0.320. The molecule has 1 aromatic heterocycles. The summed E-state index contributed by atoms with van der Waals surface area (Å²) in [6.45, 7) is 1.63. The molecule has 2 atom stereocenters. The smallest absolute Gasteiger partial charge is 0.347 e. The minimum Gasteiger partial charge on any atom is -0.347 e. The summed E-state index contributed by atoms with van der Waals surface area (Å²) in [5, 5.41) is 5.19. The van der Waals surface area contributed by atoms with E-state index < -0.39 is 28.4 Å². The molecule has 7 nitrogen and oxygen atoms in total. The lowest BCUT2D eigenvalue weighted by Crippen LogP contribution is -2.39. The number of aliphatic imine (C=N–C) groups is 1. The number of likely N-dealkylation sites (N-methyl/N-ethyl adjacent to an activating group) is 2. The van der Waals surface area contributed by atoms with Crippen LogP contribution in [0.3, 0.4) is 0 Å². The van der Waals surface area contributed by atoms with Crippen LogP contribution in [0.15, 0.2) is 52.5 Å². The van der Waals surface area contributed by atoms with Crippen LogP contribution in [0.25, 0.3) is 17.0 Å². The van der Waals surface area contributed by atoms with Crippen molar-refractivity contribution in [3.8, 4) is 0 Å². The summed E-state index contributed by atoms with van der Waals surface area (Å²) >= 11 is 5.79. The molecular weight excluding hydrogens is 527 g/mol. The predicted octanol–water partition coefficient (Wildman–Crippen LogP) is 4.38. The summed E-state index contributed by atoms with van der Waals surface area (Å²) in [5.41, 5.74) is 0.469. The van der Waals surface area contributed by atoms with Gasteiger partial charge in [-0.05, 0) is 61.5 Å². The molecule has 0 bridgehead atoms. The Balaban J connectivity index is 1.39. The molecule has 0 aliphatic carbocycles. The van der Waals surface area contributed by atoms with E-state index in [1.54, 1.807) is 30.5 Å². The van der Waals surface area contributed by atoms with Crippen molar-refractivity contribution in [1.29, 1.82) is 0 Å². The van der Waals surface area contributed by atoms with Crippen LogP contribution in [0.5, 0.6) is 0 Å². The molecule has 2 aromatic carbocycles. The molecule has 0 N–H and O–H groups in total. The number of amides is 1. The first-order valence-corrected chi connectivity index (χ1v) is 13.0. The largest absolute Gasteiger partial charge is 0.416 e. The van der Waals surface area contributed by atoms with Crippen molar-refractivity contribution in [2.24, 2.45) is 4.99 Å². The molecule has 0 spiro atoms. The number of amidine groups is 1. The maximum atomic E-state index is 13.5. The number of halogens is 4. The molecule has 5 rings (SSSR count). The molecule has 194 valence electrons. The zero-order valence-electron chi connectivity index (χ0n) is 20.0. The molecule has 0 saturated carbocycles. The SMILES string of the molecule is CN1CCC(N(C)C2=NC(=O)C(=Cc3ccc4c(cnn4Cc4ccc(Cl)cc4C(F)(F)F)c3)S2=O)C1. The third-order valence-electron chi connectivity index (χ3n) is 6.65. The quantitative estimate of drug-likeness (QED) is 0.452. The molecular formula is C25H23ClF3N5O2S. The topological polar surface area (TPSA) is 70.8 Å². The van der Waals surface area contributed by atoms with E-state index in [-0.39, 0.29) is 33.2 Å². The summed E-state index contributed by atoms with van der Waals surface area (Å²) in [5.74, 6) is -0.537. The second-order valence-electron chi connectivity index (χ2n) is 9.21. The van der Waals surface area contributed by atoms with Crippen molar-refractivity contribution in [3.05, 3.63) is 69.2 Å². The van der Waals surface area contributed by atoms with Crippen molar-refractivity contribution in [2.45, 2.75) is 25.2 Å². The Morgan fingerprint density at radius 2 is 2.03 bits per heavy atom. The number of rotatable bonds is 4. The zero-order chi connectivity index (χ0) is 26.5. The summed E-state index contributed by atoms with van der Waals surface area (Å²) in [6, 6.07) is 8.97. The first-order valence-electron chi connectivity index (χ1n) is 11.5. The fourth-order valence-electron chi connectivity index (χ4n) is 4.65. The lowest BCUT2D eigenvalue weighted by molar-refractivity contribution is -0.138. The van der Waals surface area contributed by atoms with E-state index >= 15 is 0 Å². The van der Waals surface area contributed by atoms with Crippen LogP contribution >= 0.6 is 11.6 Å². The highest BCUT2D eigenvalue weighted by Gasteiger charge is 2.36. The average molecular weight is 550 g/mol. The highest BCUT2D eigenvalue weighted by atomic mass is 35.5. The van der Waals surface area contributed by atoms with Crippen molar-refractivity contribution < 1.29 is 22.2 Å². The molecule has 2 unspecified atom stereocenters. The van der Waals surface area contributed by atoms with Gasteiger partial charge in [0.1, 0.15) is 15.7 Å². The Morgan fingerprint density at radius 3 is 2.73 bits per heavy atom. The van der Waals surface area contributed by atoms with Crippen LogP contribution in [0.2, 0.25) is 5.02 Å². The third kappa shape index (κ3) is 5.07. The lowest BCUT2D eigenvalue weighted by atomic mass is 10.1. The predicted molar refractivity (Wildman–Crippen MR) is 138 cm³/mol. The minimum absolute atomic E-state index is 0.00633. The Kier molecular flexibility index (Phi) is 6.71. The van der Waals surface area contributed by atoms with E-state index in [1.165, 1.54) is 16.8 Å². The van der Waals surface area contributed by atoms with Crippen LogP contribution in [-0.4, -0.2) is 68.1 Å². The molecule has 0 radical (unpaired) electrons. The van der Waals surface area contributed by atoms with Crippen LogP contribution in [0.1, 0.15) is 23.1 Å². The number of fused-ring (bicyclic) bond motifs is 1. The Labute approximate surface area is 218 Å². The first kappa shape index (κ1) is 25.6. The van der Waals surface area contributed by atoms with Crippen LogP contribution in [-0.2, 0) is 28.3 Å². The number of benzene rings is 2. The van der Waals surface area contributed by atoms with Gasteiger partial charge in [-0.25, -0.2) is 4.21 Å². The van der Waals surface area contributed by atoms with Gasteiger partial charge in [-0.1, -0.05) is 23.7 Å². The number of aromatic nitrogens is 2. The van der Waals surface area contributed by atoms with Crippen LogP contribution < -0.4 is 0 Å². The molecule has 1 amide bonds. The normalized spacial score (nSPS) is 21.8. The van der Waals surface area contributed by atoms with Gasteiger partial charge < -0.3 is 9.80 Å². The number of carbonyl (C=O) groups is 1. The van der Waals surface area contributed by atoms with Gasteiger partial charge in [0.25, 0.3) is 5.91 Å². The van der Waals surface area contributed by atoms with Gasteiger partial charge in [-0.3, -0.25) is 9.48 Å². The van der Waals surface area contributed by atoms with Gasteiger partial charge in [0, 0.05) is 30.0 Å². The summed E-state index contributed by atoms with van der Waals surface area (Å²) in [4.78, 5) is 20.7. The summed E-state index contributed by atoms with van der Waals surface area (Å²) in [6.07, 6.45) is -0.562. The summed E-state index contributed by atoms with van der Waals surface area (Å²) < 4.78 is 55.1. The second kappa shape index (κ2) is 9.70. The van der Waals surface area contributed by atoms with Crippen molar-refractivity contribution >= 4 is 50.5 Å². The van der Waals surface area contributed by atoms with Gasteiger partial charge in [-0.15, -0.1) is 0 Å². The molecule has 3 heterocycles. The maximum Gasteiger partial charge on any atom is 0.416 e. The highest BCUT2D eigenvalue weighted by molar-refractivity contribution is 8.05. The van der Waals surface area contributed by atoms with Gasteiger partial charge in [0.2, 0.25) is 5.17 Å². The molecule has 1 saturated heterocycles. The van der Waals surface area contributed by atoms with Crippen molar-refractivity contribution in [1.82, 2.24) is 19.6 Å². The molecule has 2 aliphatic heterocycles. The number of alkyl halides is 3. The monoisotopic (exact) mass is 549 g/mol. The number of hydrogen-bond donors (Lipinski definition) is 0. The van der Waals surface area contributed by atoms with Crippen molar-refractivity contribution in [2.75, 3.05) is 27.2 Å². The van der Waals surface area contributed by atoms with E-state index in [0.29, 0.717) is 16.5 Å². The number of likely N-dealkylation sites (tertiary alicyclic amines) is 1. The molecule has 2 aliphatic rings. The third-order valence-corrected chi connectivity index (χ3v) is 8.29. The van der Waals surface area contributed by atoms with Crippen molar-refractivity contribution in [3.63, 3.8) is 0 Å². The molecule has 37 heavy (non-hydrogen) atoms. The van der Waals surface area contributed by atoms with E-state index in [0.717, 1.165) is 25.6 Å². The molecule has 3 aromatic rings.